The number of nitrogens with zero attached hydrogens (tertiary/aromatic N) is 1. The van der Waals surface area contributed by atoms with Crippen molar-refractivity contribution >= 4 is 10.2 Å². The smallest absolute Gasteiger partial charge is 0.202 e. The molecule has 0 amide bonds. The molecule has 4 nitrogen and oxygen atoms in total. The van der Waals surface area contributed by atoms with Crippen LogP contribution >= 0.6 is 0 Å². The van der Waals surface area contributed by atoms with Crippen LogP contribution in [0.25, 0.3) is 0 Å². The first-order valence-corrected chi connectivity index (χ1v) is 5.85. The van der Waals surface area contributed by atoms with E-state index < -0.39 is 10.2 Å². The second kappa shape index (κ2) is 4.20. The molecule has 12 heavy (non-hydrogen) atoms. The molecule has 0 unspecified atom stereocenters. The van der Waals surface area contributed by atoms with Gasteiger partial charge >= 0.3 is 0 Å². The number of nitrogens with one attached hydrogen (secondary N) is 1. The summed E-state index contributed by atoms with van der Waals surface area (Å²) in [4.78, 5) is 0. The Morgan fingerprint density at radius 1 is 1.33 bits per heavy atom. The molecule has 1 aliphatic rings. The number of hydrogen-bond acceptors (Lipinski definition) is 2. The van der Waals surface area contributed by atoms with E-state index in [-0.39, 0.29) is 0 Å². The Kier molecular flexibility index (Phi) is 3.49. The van der Waals surface area contributed by atoms with Crippen LogP contribution in [0, 0.1) is 0 Å². The van der Waals surface area contributed by atoms with E-state index in [1.54, 1.807) is 0 Å². The molecule has 1 aliphatic heterocycles. The maximum atomic E-state index is 11.2. The topological polar surface area (TPSA) is 49.2 Å². The van der Waals surface area contributed by atoms with Gasteiger partial charge in [0, 0.05) is 19.6 Å². The Morgan fingerprint density at radius 3 is 2.50 bits per heavy atom. The molecule has 0 atom stereocenters. The predicted octanol–water partition coefficient (Wildman–Crippen LogP) is 0.327. The first-order chi connectivity index (χ1) is 5.67. The van der Waals surface area contributed by atoms with Crippen molar-refractivity contribution < 1.29 is 8.42 Å². The maximum absolute atomic E-state index is 11.2. The van der Waals surface area contributed by atoms with Crippen molar-refractivity contribution in [3.63, 3.8) is 0 Å². The molecule has 1 heterocycles. The third kappa shape index (κ3) is 3.08. The van der Waals surface area contributed by atoms with Gasteiger partial charge in [0.2, 0.25) is 0 Å². The van der Waals surface area contributed by atoms with Gasteiger partial charge in [-0.15, -0.1) is 0 Å². The van der Waals surface area contributed by atoms with Crippen LogP contribution in [0.2, 0.25) is 0 Å². The normalized spacial score (nSPS) is 18.1. The minimum absolute atomic E-state index is 0.576. The lowest BCUT2D eigenvalue weighted by Gasteiger charge is -2.04. The van der Waals surface area contributed by atoms with Crippen LogP contribution in [0.5, 0.6) is 0 Å². The first-order valence-electron chi connectivity index (χ1n) is 4.41. The van der Waals surface area contributed by atoms with Crippen LogP contribution in [0.4, 0.5) is 0 Å². The highest BCUT2D eigenvalue weighted by molar-refractivity contribution is 7.87. The molecule has 72 valence electrons. The van der Waals surface area contributed by atoms with E-state index >= 15 is 0 Å². The highest BCUT2D eigenvalue weighted by Gasteiger charge is 2.30. The molecule has 0 aliphatic carbocycles. The molecule has 0 saturated carbocycles. The first kappa shape index (κ1) is 9.95. The second-order valence-corrected chi connectivity index (χ2v) is 4.76. The van der Waals surface area contributed by atoms with Gasteiger partial charge < -0.3 is 0 Å². The third-order valence-electron chi connectivity index (χ3n) is 1.81. The number of unbranched alkanes of at least 4 members (excludes halogenated alkanes) is 2. The summed E-state index contributed by atoms with van der Waals surface area (Å²) in [6, 6.07) is 0. The van der Waals surface area contributed by atoms with E-state index in [1.807, 2.05) is 0 Å². The standard InChI is InChI=1S/C7H16N2O2S/c1-2-3-4-5-8-12(10,11)9-6-7-9/h8H,2-7H2,1H3. The lowest BCUT2D eigenvalue weighted by atomic mass is 10.3. The fourth-order valence-corrected chi connectivity index (χ4v) is 2.10. The van der Waals surface area contributed by atoms with Gasteiger partial charge in [-0.2, -0.15) is 12.7 Å². The summed E-state index contributed by atoms with van der Waals surface area (Å²) >= 11 is 0. The Balaban J connectivity index is 2.13. The number of hydrogen-bond donors (Lipinski definition) is 1. The van der Waals surface area contributed by atoms with Gasteiger partial charge in [-0.05, 0) is 6.42 Å². The molecule has 0 aromatic carbocycles. The van der Waals surface area contributed by atoms with Gasteiger partial charge in [-0.3, -0.25) is 0 Å². The van der Waals surface area contributed by atoms with Gasteiger partial charge in [0.1, 0.15) is 0 Å². The van der Waals surface area contributed by atoms with Crippen LogP contribution < -0.4 is 4.72 Å². The van der Waals surface area contributed by atoms with E-state index in [0.29, 0.717) is 19.6 Å². The summed E-state index contributed by atoms with van der Waals surface area (Å²) in [5.74, 6) is 0. The van der Waals surface area contributed by atoms with E-state index in [1.165, 1.54) is 4.31 Å². The van der Waals surface area contributed by atoms with Crippen LogP contribution in [0.15, 0.2) is 0 Å². The Bertz CT molecular complexity index is 222. The SMILES string of the molecule is CCCCCNS(=O)(=O)N1CC1. The Hall–Kier alpha value is -0.130. The maximum Gasteiger partial charge on any atom is 0.279 e. The molecule has 0 aromatic heterocycles. The van der Waals surface area contributed by atoms with E-state index in [2.05, 4.69) is 11.6 Å². The van der Waals surface area contributed by atoms with E-state index in [9.17, 15) is 8.42 Å². The predicted molar refractivity (Wildman–Crippen MR) is 48.0 cm³/mol. The van der Waals surface area contributed by atoms with Gasteiger partial charge in [-0.25, -0.2) is 4.72 Å². The summed E-state index contributed by atoms with van der Waals surface area (Å²) < 4.78 is 26.3. The van der Waals surface area contributed by atoms with Gasteiger partial charge in [0.05, 0.1) is 0 Å². The summed E-state index contributed by atoms with van der Waals surface area (Å²) in [6.07, 6.45) is 3.14. The summed E-state index contributed by atoms with van der Waals surface area (Å²) in [5, 5.41) is 0. The molecule has 0 spiro atoms. The Labute approximate surface area is 74.1 Å². The molecule has 1 rings (SSSR count). The third-order valence-corrected chi connectivity index (χ3v) is 3.42. The lowest BCUT2D eigenvalue weighted by molar-refractivity contribution is 0.543. The molecular formula is C7H16N2O2S. The molecule has 0 radical (unpaired) electrons. The summed E-state index contributed by atoms with van der Waals surface area (Å²) in [5.41, 5.74) is 0. The van der Waals surface area contributed by atoms with Crippen molar-refractivity contribution in [3.8, 4) is 0 Å². The average Bonchev–Trinajstić information content (AvgIpc) is 2.80. The summed E-state index contributed by atoms with van der Waals surface area (Å²) in [6.45, 7) is 4.04. The zero-order chi connectivity index (χ0) is 9.03. The molecule has 1 fully saturated rings. The molecular weight excluding hydrogens is 176 g/mol. The lowest BCUT2D eigenvalue weighted by Crippen LogP contribution is -2.30. The fraction of sp³-hybridized carbons (Fsp3) is 1.00. The molecule has 0 bridgehead atoms. The highest BCUT2D eigenvalue weighted by atomic mass is 32.2. The molecule has 1 N–H and O–H groups in total. The zero-order valence-electron chi connectivity index (χ0n) is 7.41. The summed E-state index contributed by atoms with van der Waals surface area (Å²) in [7, 11) is -3.08. The van der Waals surface area contributed by atoms with Crippen molar-refractivity contribution in [3.05, 3.63) is 0 Å². The molecule has 1 saturated heterocycles. The van der Waals surface area contributed by atoms with Gasteiger partial charge in [0.25, 0.3) is 10.2 Å². The highest BCUT2D eigenvalue weighted by Crippen LogP contribution is 2.09. The van der Waals surface area contributed by atoms with Crippen molar-refractivity contribution in [1.82, 2.24) is 9.03 Å². The van der Waals surface area contributed by atoms with E-state index in [0.717, 1.165) is 19.3 Å². The second-order valence-electron chi connectivity index (χ2n) is 3.01. The zero-order valence-corrected chi connectivity index (χ0v) is 8.23. The average molecular weight is 192 g/mol. The van der Waals surface area contributed by atoms with Gasteiger partial charge in [-0.1, -0.05) is 19.8 Å². The monoisotopic (exact) mass is 192 g/mol. The molecule has 5 heteroatoms. The Morgan fingerprint density at radius 2 is 2.00 bits per heavy atom. The quantitative estimate of drug-likeness (QED) is 0.487. The van der Waals surface area contributed by atoms with Crippen LogP contribution in [-0.2, 0) is 10.2 Å². The van der Waals surface area contributed by atoms with Crippen molar-refractivity contribution in [2.45, 2.75) is 26.2 Å². The van der Waals surface area contributed by atoms with Crippen LogP contribution in [0.3, 0.4) is 0 Å². The number of rotatable bonds is 6. The minimum Gasteiger partial charge on any atom is -0.202 e. The van der Waals surface area contributed by atoms with E-state index in [4.69, 9.17) is 0 Å². The minimum atomic E-state index is -3.08. The van der Waals surface area contributed by atoms with Crippen molar-refractivity contribution in [2.75, 3.05) is 19.6 Å². The van der Waals surface area contributed by atoms with Crippen molar-refractivity contribution in [2.24, 2.45) is 0 Å². The largest absolute Gasteiger partial charge is 0.279 e. The molecule has 0 aromatic rings. The van der Waals surface area contributed by atoms with Crippen molar-refractivity contribution in [1.29, 1.82) is 0 Å². The van der Waals surface area contributed by atoms with Crippen LogP contribution in [-0.4, -0.2) is 32.4 Å². The van der Waals surface area contributed by atoms with Crippen LogP contribution in [0.1, 0.15) is 26.2 Å². The fourth-order valence-electron chi connectivity index (χ4n) is 0.949. The van der Waals surface area contributed by atoms with Gasteiger partial charge in [0.15, 0.2) is 0 Å².